The van der Waals surface area contributed by atoms with Gasteiger partial charge < -0.3 is 14.4 Å². The lowest BCUT2D eigenvalue weighted by atomic mass is 10.1. The topological polar surface area (TPSA) is 86.5 Å². The Morgan fingerprint density at radius 3 is 2.69 bits per heavy atom. The molecule has 4 aromatic rings. The third-order valence-corrected chi connectivity index (χ3v) is 6.49. The lowest BCUT2D eigenvalue weighted by molar-refractivity contribution is 0.0706. The van der Waals surface area contributed by atoms with Crippen molar-refractivity contribution in [1.29, 1.82) is 0 Å². The molecule has 35 heavy (non-hydrogen) atoms. The van der Waals surface area contributed by atoms with Crippen LogP contribution in [0.25, 0.3) is 11.0 Å². The zero-order valence-electron chi connectivity index (χ0n) is 19.6. The van der Waals surface area contributed by atoms with E-state index >= 15 is 0 Å². The van der Waals surface area contributed by atoms with Gasteiger partial charge in [0.15, 0.2) is 0 Å². The number of hydrogen-bond acceptors (Lipinski definition) is 6. The van der Waals surface area contributed by atoms with Gasteiger partial charge in [0.1, 0.15) is 5.65 Å². The first-order chi connectivity index (χ1) is 17.0. The van der Waals surface area contributed by atoms with Crippen LogP contribution in [0, 0.1) is 0 Å². The van der Waals surface area contributed by atoms with Crippen LogP contribution in [0.2, 0.25) is 0 Å². The summed E-state index contributed by atoms with van der Waals surface area (Å²) in [5.74, 6) is -0.521. The molecule has 178 valence electrons. The molecule has 1 fully saturated rings. The Kier molecular flexibility index (Phi) is 6.20. The maximum absolute atomic E-state index is 11.5. The standard InChI is InChI=1S/C27H28N6O2/c1-19-15-32(16-20(2)33(19)18-22-4-3-10-28-13-22)25-12-24-9-11-31(26(24)29-14-25)17-21-5-7-23(8-6-21)27(34)30-35/h3-14,20,35H,1,15-18H2,2H3,(H,30,34)/t20-/m0/s1. The largest absolute Gasteiger partial charge is 0.365 e. The summed E-state index contributed by atoms with van der Waals surface area (Å²) in [4.78, 5) is 25.2. The molecular weight excluding hydrogens is 440 g/mol. The first kappa shape index (κ1) is 22.6. The lowest BCUT2D eigenvalue weighted by Gasteiger charge is -2.43. The van der Waals surface area contributed by atoms with Crippen molar-refractivity contribution in [3.8, 4) is 0 Å². The van der Waals surface area contributed by atoms with Crippen LogP contribution in [0.4, 0.5) is 5.69 Å². The quantitative estimate of drug-likeness (QED) is 0.331. The average Bonchev–Trinajstić information content (AvgIpc) is 3.28. The number of pyridine rings is 2. The van der Waals surface area contributed by atoms with E-state index in [-0.39, 0.29) is 0 Å². The Balaban J connectivity index is 1.29. The van der Waals surface area contributed by atoms with Gasteiger partial charge in [-0.3, -0.25) is 15.0 Å². The molecule has 0 radical (unpaired) electrons. The van der Waals surface area contributed by atoms with Gasteiger partial charge in [0.05, 0.1) is 18.4 Å². The van der Waals surface area contributed by atoms with Gasteiger partial charge in [0.25, 0.3) is 5.91 Å². The maximum atomic E-state index is 11.5. The van der Waals surface area contributed by atoms with Crippen molar-refractivity contribution in [2.75, 3.05) is 18.0 Å². The summed E-state index contributed by atoms with van der Waals surface area (Å²) in [6, 6.07) is 15.8. The minimum Gasteiger partial charge on any atom is -0.365 e. The van der Waals surface area contributed by atoms with Crippen LogP contribution in [-0.2, 0) is 13.1 Å². The SMILES string of the molecule is C=C1CN(c2cnc3c(ccn3Cc3ccc(C(=O)NO)cc3)c2)C[C@H](C)N1Cc1cccnc1. The Morgan fingerprint density at radius 2 is 1.97 bits per heavy atom. The smallest absolute Gasteiger partial charge is 0.274 e. The first-order valence-corrected chi connectivity index (χ1v) is 11.6. The molecule has 8 nitrogen and oxygen atoms in total. The molecule has 0 saturated carbocycles. The van der Waals surface area contributed by atoms with Crippen molar-refractivity contribution in [2.45, 2.75) is 26.1 Å². The van der Waals surface area contributed by atoms with E-state index in [0.717, 1.165) is 47.6 Å². The van der Waals surface area contributed by atoms with E-state index in [1.807, 2.05) is 36.8 Å². The molecule has 0 bridgehead atoms. The van der Waals surface area contributed by atoms with Crippen LogP contribution < -0.4 is 10.4 Å². The second kappa shape index (κ2) is 9.60. The van der Waals surface area contributed by atoms with Gasteiger partial charge in [0.2, 0.25) is 0 Å². The molecule has 1 aromatic carbocycles. The van der Waals surface area contributed by atoms with Gasteiger partial charge >= 0.3 is 0 Å². The van der Waals surface area contributed by atoms with Crippen LogP contribution in [0.1, 0.15) is 28.4 Å². The fourth-order valence-corrected chi connectivity index (χ4v) is 4.65. The van der Waals surface area contributed by atoms with E-state index in [9.17, 15) is 4.79 Å². The van der Waals surface area contributed by atoms with Crippen molar-refractivity contribution >= 4 is 22.6 Å². The zero-order valence-corrected chi connectivity index (χ0v) is 19.6. The number of carbonyl (C=O) groups excluding carboxylic acids is 1. The van der Waals surface area contributed by atoms with E-state index in [1.165, 1.54) is 5.56 Å². The van der Waals surface area contributed by atoms with Gasteiger partial charge in [0, 0.05) is 60.9 Å². The van der Waals surface area contributed by atoms with Crippen molar-refractivity contribution in [3.63, 3.8) is 0 Å². The summed E-state index contributed by atoms with van der Waals surface area (Å²) in [6.07, 6.45) is 7.67. The molecule has 2 N–H and O–H groups in total. The molecule has 0 unspecified atom stereocenters. The number of fused-ring (bicyclic) bond motifs is 1. The zero-order chi connectivity index (χ0) is 24.4. The third-order valence-electron chi connectivity index (χ3n) is 6.49. The molecule has 1 amide bonds. The third kappa shape index (κ3) is 4.74. The number of hydrogen-bond donors (Lipinski definition) is 2. The van der Waals surface area contributed by atoms with E-state index in [2.05, 4.69) is 51.1 Å². The minimum atomic E-state index is -0.521. The van der Waals surface area contributed by atoms with Crippen LogP contribution >= 0.6 is 0 Å². The Morgan fingerprint density at radius 1 is 1.14 bits per heavy atom. The summed E-state index contributed by atoms with van der Waals surface area (Å²) < 4.78 is 2.09. The highest BCUT2D eigenvalue weighted by atomic mass is 16.5. The predicted octanol–water partition coefficient (Wildman–Crippen LogP) is 3.82. The second-order valence-corrected chi connectivity index (χ2v) is 8.97. The van der Waals surface area contributed by atoms with E-state index in [0.29, 0.717) is 18.2 Å². The number of piperazine rings is 1. The Bertz CT molecular complexity index is 1350. The van der Waals surface area contributed by atoms with Gasteiger partial charge in [-0.25, -0.2) is 10.5 Å². The number of aromatic nitrogens is 3. The van der Waals surface area contributed by atoms with E-state index in [4.69, 9.17) is 10.2 Å². The van der Waals surface area contributed by atoms with Gasteiger partial charge in [-0.05, 0) is 48.4 Å². The van der Waals surface area contributed by atoms with E-state index in [1.54, 1.807) is 23.8 Å². The minimum absolute atomic E-state index is 0.313. The number of nitrogens with zero attached hydrogens (tertiary/aromatic N) is 5. The summed E-state index contributed by atoms with van der Waals surface area (Å²) in [6.45, 7) is 9.68. The van der Waals surface area contributed by atoms with Crippen molar-refractivity contribution < 1.29 is 10.0 Å². The number of amides is 1. The molecule has 1 saturated heterocycles. The monoisotopic (exact) mass is 468 g/mol. The highest BCUT2D eigenvalue weighted by Gasteiger charge is 2.26. The van der Waals surface area contributed by atoms with Crippen molar-refractivity contribution in [3.05, 3.63) is 102 Å². The van der Waals surface area contributed by atoms with Crippen molar-refractivity contribution in [1.82, 2.24) is 24.9 Å². The van der Waals surface area contributed by atoms with Gasteiger partial charge in [-0.15, -0.1) is 0 Å². The molecule has 0 spiro atoms. The van der Waals surface area contributed by atoms with Gasteiger partial charge in [-0.2, -0.15) is 0 Å². The van der Waals surface area contributed by atoms with Crippen LogP contribution in [0.3, 0.4) is 0 Å². The normalized spacial score (nSPS) is 16.1. The first-order valence-electron chi connectivity index (χ1n) is 11.6. The summed E-state index contributed by atoms with van der Waals surface area (Å²) >= 11 is 0. The molecular formula is C27H28N6O2. The fraction of sp³-hybridized carbons (Fsp3) is 0.222. The molecule has 5 rings (SSSR count). The van der Waals surface area contributed by atoms with Crippen LogP contribution in [0.15, 0.2) is 85.6 Å². The number of rotatable bonds is 6. The second-order valence-electron chi connectivity index (χ2n) is 8.97. The molecule has 0 aliphatic carbocycles. The molecule has 1 aliphatic heterocycles. The molecule has 3 aromatic heterocycles. The molecule has 1 aliphatic rings. The number of carbonyl (C=O) groups is 1. The fourth-order valence-electron chi connectivity index (χ4n) is 4.65. The number of anilines is 1. The summed E-state index contributed by atoms with van der Waals surface area (Å²) in [5.41, 5.74) is 7.37. The highest BCUT2D eigenvalue weighted by molar-refractivity contribution is 5.93. The summed E-state index contributed by atoms with van der Waals surface area (Å²) in [5, 5.41) is 9.86. The molecule has 8 heteroatoms. The maximum Gasteiger partial charge on any atom is 0.274 e. The average molecular weight is 469 g/mol. The van der Waals surface area contributed by atoms with Crippen molar-refractivity contribution in [2.24, 2.45) is 0 Å². The number of benzene rings is 1. The van der Waals surface area contributed by atoms with Crippen LogP contribution in [0.5, 0.6) is 0 Å². The molecule has 1 atom stereocenters. The van der Waals surface area contributed by atoms with Crippen LogP contribution in [-0.4, -0.2) is 49.7 Å². The highest BCUT2D eigenvalue weighted by Crippen LogP contribution is 2.27. The molecule has 4 heterocycles. The number of nitrogens with one attached hydrogen (secondary N) is 1. The predicted molar refractivity (Wildman–Crippen MR) is 135 cm³/mol. The number of hydroxylamine groups is 1. The summed E-state index contributed by atoms with van der Waals surface area (Å²) in [7, 11) is 0. The Hall–Kier alpha value is -4.17. The Labute approximate surface area is 204 Å². The lowest BCUT2D eigenvalue weighted by Crippen LogP contribution is -2.49. The van der Waals surface area contributed by atoms with E-state index < -0.39 is 5.91 Å². The van der Waals surface area contributed by atoms with Gasteiger partial charge in [-0.1, -0.05) is 24.8 Å².